The molecule has 3 heteroatoms. The van der Waals surface area contributed by atoms with E-state index in [1.165, 1.54) is 51.4 Å². The van der Waals surface area contributed by atoms with Gasteiger partial charge in [-0.05, 0) is 49.9 Å². The van der Waals surface area contributed by atoms with Crippen molar-refractivity contribution >= 4 is 7.26 Å². The summed E-state index contributed by atoms with van der Waals surface area (Å²) in [5.41, 5.74) is 0. The van der Waals surface area contributed by atoms with Crippen LogP contribution in [0.1, 0.15) is 79.1 Å². The molecule has 2 N–H and O–H groups in total. The molecule has 0 aliphatic rings. The molecule has 2 aromatic rings. The maximum Gasteiger partial charge on any atom is 0.115 e. The van der Waals surface area contributed by atoms with Gasteiger partial charge < -0.3 is 10.2 Å². The summed E-state index contributed by atoms with van der Waals surface area (Å²) in [6.07, 6.45) is 17.9. The lowest BCUT2D eigenvalue weighted by Gasteiger charge is -2.28. The fourth-order valence-electron chi connectivity index (χ4n) is 3.50. The van der Waals surface area contributed by atoms with Crippen LogP contribution in [0.4, 0.5) is 0 Å². The SMILES string of the molecule is CCCC[P+](CCCC)(CCCC)CCCC.Oc1ccccc1.Oc1ccccc1. The third-order valence-electron chi connectivity index (χ3n) is 5.46. The van der Waals surface area contributed by atoms with E-state index in [2.05, 4.69) is 27.7 Å². The number of para-hydroxylation sites is 2. The van der Waals surface area contributed by atoms with Crippen molar-refractivity contribution in [1.82, 2.24) is 0 Å². The summed E-state index contributed by atoms with van der Waals surface area (Å²) in [5.74, 6) is 0.644. The molecule has 0 atom stereocenters. The van der Waals surface area contributed by atoms with E-state index < -0.39 is 7.26 Å². The summed E-state index contributed by atoms with van der Waals surface area (Å²) in [7, 11) is -0.562. The Morgan fingerprint density at radius 3 is 0.903 bits per heavy atom. The molecule has 0 saturated carbocycles. The molecule has 0 aliphatic carbocycles. The lowest BCUT2D eigenvalue weighted by atomic mass is 10.3. The van der Waals surface area contributed by atoms with E-state index in [-0.39, 0.29) is 0 Å². The van der Waals surface area contributed by atoms with Gasteiger partial charge in [0.05, 0.1) is 24.6 Å². The van der Waals surface area contributed by atoms with Crippen LogP contribution in [0.15, 0.2) is 60.7 Å². The van der Waals surface area contributed by atoms with Crippen molar-refractivity contribution in [3.05, 3.63) is 60.7 Å². The Kier molecular flexibility index (Phi) is 19.4. The highest BCUT2D eigenvalue weighted by Crippen LogP contribution is 2.61. The second-order valence-corrected chi connectivity index (χ2v) is 12.8. The predicted molar refractivity (Wildman–Crippen MR) is 142 cm³/mol. The van der Waals surface area contributed by atoms with Crippen molar-refractivity contribution in [1.29, 1.82) is 0 Å². The number of aromatic hydroxyl groups is 2. The average Bonchev–Trinajstić information content (AvgIpc) is 2.80. The summed E-state index contributed by atoms with van der Waals surface area (Å²) in [6.45, 7) is 9.42. The summed E-state index contributed by atoms with van der Waals surface area (Å²) in [5, 5.41) is 17.3. The Bertz CT molecular complexity index is 526. The van der Waals surface area contributed by atoms with E-state index in [0.29, 0.717) is 11.5 Å². The second kappa shape index (κ2) is 20.4. The minimum Gasteiger partial charge on any atom is -0.508 e. The number of hydrogen-bond acceptors (Lipinski definition) is 2. The number of phenolic OH excluding ortho intramolecular Hbond substituents is 2. The molecule has 0 amide bonds. The van der Waals surface area contributed by atoms with E-state index in [9.17, 15) is 0 Å². The van der Waals surface area contributed by atoms with Gasteiger partial charge in [0.2, 0.25) is 0 Å². The molecule has 0 unspecified atom stereocenters. The maximum absolute atomic E-state index is 8.63. The second-order valence-electron chi connectivity index (χ2n) is 8.32. The van der Waals surface area contributed by atoms with Crippen LogP contribution in [0.5, 0.6) is 11.5 Å². The molecular formula is C28H48O2P+. The van der Waals surface area contributed by atoms with Gasteiger partial charge in [-0.25, -0.2) is 0 Å². The zero-order chi connectivity index (χ0) is 23.2. The van der Waals surface area contributed by atoms with Gasteiger partial charge >= 0.3 is 0 Å². The van der Waals surface area contributed by atoms with E-state index in [1.54, 1.807) is 73.2 Å². The van der Waals surface area contributed by atoms with Crippen LogP contribution < -0.4 is 0 Å². The van der Waals surface area contributed by atoms with Crippen molar-refractivity contribution in [3.8, 4) is 11.5 Å². The Labute approximate surface area is 193 Å². The van der Waals surface area contributed by atoms with Crippen LogP contribution in [0.3, 0.4) is 0 Å². The highest BCUT2D eigenvalue weighted by Gasteiger charge is 2.34. The molecule has 0 heterocycles. The van der Waals surface area contributed by atoms with Gasteiger partial charge in [-0.3, -0.25) is 0 Å². The van der Waals surface area contributed by atoms with Crippen molar-refractivity contribution < 1.29 is 10.2 Å². The van der Waals surface area contributed by atoms with Crippen LogP contribution in [0.25, 0.3) is 0 Å². The first kappa shape index (κ1) is 29.5. The van der Waals surface area contributed by atoms with Crippen molar-refractivity contribution in [3.63, 3.8) is 0 Å². The molecule has 2 rings (SSSR count). The van der Waals surface area contributed by atoms with Crippen molar-refractivity contribution in [2.24, 2.45) is 0 Å². The smallest absolute Gasteiger partial charge is 0.115 e. The van der Waals surface area contributed by atoms with E-state index in [1.807, 2.05) is 12.1 Å². The summed E-state index contributed by atoms with van der Waals surface area (Å²) < 4.78 is 0. The van der Waals surface area contributed by atoms with Crippen molar-refractivity contribution in [2.75, 3.05) is 24.6 Å². The molecule has 0 fully saturated rings. The molecule has 2 aromatic carbocycles. The number of benzene rings is 2. The Balaban J connectivity index is 0.000000518. The number of hydrogen-bond donors (Lipinski definition) is 2. The molecule has 2 nitrogen and oxygen atoms in total. The first-order valence-electron chi connectivity index (χ1n) is 12.4. The maximum atomic E-state index is 8.63. The van der Waals surface area contributed by atoms with E-state index in [4.69, 9.17) is 10.2 Å². The summed E-state index contributed by atoms with van der Waals surface area (Å²) >= 11 is 0. The highest BCUT2D eigenvalue weighted by molar-refractivity contribution is 7.75. The van der Waals surface area contributed by atoms with Gasteiger partial charge in [0.15, 0.2) is 0 Å². The van der Waals surface area contributed by atoms with E-state index in [0.717, 1.165) is 0 Å². The minimum atomic E-state index is -0.562. The van der Waals surface area contributed by atoms with Crippen LogP contribution in [0, 0.1) is 0 Å². The monoisotopic (exact) mass is 447 g/mol. The normalized spacial score (nSPS) is 10.5. The summed E-state index contributed by atoms with van der Waals surface area (Å²) in [4.78, 5) is 0. The number of unbranched alkanes of at least 4 members (excludes halogenated alkanes) is 4. The zero-order valence-electron chi connectivity index (χ0n) is 20.6. The molecule has 0 radical (unpaired) electrons. The van der Waals surface area contributed by atoms with Crippen LogP contribution in [-0.2, 0) is 0 Å². The number of rotatable bonds is 12. The van der Waals surface area contributed by atoms with Gasteiger partial charge in [-0.1, -0.05) is 89.8 Å². The Hall–Kier alpha value is -1.53. The fourth-order valence-corrected chi connectivity index (χ4v) is 8.79. The molecular weight excluding hydrogens is 399 g/mol. The topological polar surface area (TPSA) is 40.5 Å². The average molecular weight is 448 g/mol. The quantitative estimate of drug-likeness (QED) is 0.319. The van der Waals surface area contributed by atoms with Gasteiger partial charge in [0, 0.05) is 7.26 Å². The molecule has 0 aliphatic heterocycles. The van der Waals surface area contributed by atoms with Crippen LogP contribution in [0.2, 0.25) is 0 Å². The van der Waals surface area contributed by atoms with Crippen LogP contribution >= 0.6 is 7.26 Å². The zero-order valence-corrected chi connectivity index (χ0v) is 21.5. The third-order valence-corrected chi connectivity index (χ3v) is 10.5. The van der Waals surface area contributed by atoms with Gasteiger partial charge in [-0.15, -0.1) is 0 Å². The van der Waals surface area contributed by atoms with Crippen molar-refractivity contribution in [2.45, 2.75) is 79.1 Å². The Morgan fingerprint density at radius 2 is 0.742 bits per heavy atom. The first-order valence-corrected chi connectivity index (χ1v) is 14.9. The Morgan fingerprint density at radius 1 is 0.484 bits per heavy atom. The lowest BCUT2D eigenvalue weighted by molar-refractivity contribution is 0.475. The van der Waals surface area contributed by atoms with E-state index >= 15 is 0 Å². The molecule has 0 saturated heterocycles. The van der Waals surface area contributed by atoms with Crippen LogP contribution in [-0.4, -0.2) is 34.9 Å². The minimum absolute atomic E-state index is 0.322. The molecule has 176 valence electrons. The van der Waals surface area contributed by atoms with Gasteiger partial charge in [-0.2, -0.15) is 0 Å². The molecule has 0 aromatic heterocycles. The fraction of sp³-hybridized carbons (Fsp3) is 0.571. The highest BCUT2D eigenvalue weighted by atomic mass is 31.2. The molecule has 0 bridgehead atoms. The standard InChI is InChI=1S/C16H36P.2C6H6O/c1-5-9-13-17(14-10-6-2,15-11-7-3)16-12-8-4;2*7-6-4-2-1-3-5-6/h5-16H2,1-4H3;2*1-5,7H/q+1;;. The summed E-state index contributed by atoms with van der Waals surface area (Å²) in [6, 6.07) is 17.4. The predicted octanol–water partition coefficient (Wildman–Crippen LogP) is 8.99. The third kappa shape index (κ3) is 16.8. The number of phenols is 2. The van der Waals surface area contributed by atoms with Gasteiger partial charge in [0.25, 0.3) is 0 Å². The molecule has 31 heavy (non-hydrogen) atoms. The largest absolute Gasteiger partial charge is 0.508 e. The first-order chi connectivity index (χ1) is 15.0. The lowest BCUT2D eigenvalue weighted by Crippen LogP contribution is -2.12. The molecule has 0 spiro atoms. The van der Waals surface area contributed by atoms with Gasteiger partial charge in [0.1, 0.15) is 11.5 Å².